The average Bonchev–Trinajstić information content (AvgIpc) is 3.33. The number of rotatable bonds is 3. The van der Waals surface area contributed by atoms with Crippen molar-refractivity contribution in [1.82, 2.24) is 24.8 Å². The van der Waals surface area contributed by atoms with Gasteiger partial charge in [0.05, 0.1) is 6.33 Å². The molecule has 0 bridgehead atoms. The van der Waals surface area contributed by atoms with Crippen LogP contribution in [-0.4, -0.2) is 71.2 Å². The zero-order valence-corrected chi connectivity index (χ0v) is 20.5. The van der Waals surface area contributed by atoms with Gasteiger partial charge in [-0.1, -0.05) is 33.1 Å². The van der Waals surface area contributed by atoms with Gasteiger partial charge in [0.2, 0.25) is 5.82 Å². The van der Waals surface area contributed by atoms with Crippen LogP contribution in [0.25, 0.3) is 11.2 Å². The molecule has 1 amide bonds. The van der Waals surface area contributed by atoms with Crippen LogP contribution in [0.4, 0.5) is 5.82 Å². The van der Waals surface area contributed by atoms with Gasteiger partial charge in [0, 0.05) is 12.5 Å². The maximum atomic E-state index is 12.2. The largest absolute Gasteiger partial charge is 0.387 e. The Morgan fingerprint density at radius 2 is 2.06 bits per heavy atom. The van der Waals surface area contributed by atoms with Gasteiger partial charge in [-0.25, -0.2) is 15.0 Å². The van der Waals surface area contributed by atoms with Crippen LogP contribution in [0.15, 0.2) is 6.33 Å². The highest BCUT2D eigenvalue weighted by Crippen LogP contribution is 2.44. The minimum absolute atomic E-state index is 0.00224. The number of hydrogen-bond donors (Lipinski definition) is 5. The van der Waals surface area contributed by atoms with E-state index >= 15 is 0 Å². The summed E-state index contributed by atoms with van der Waals surface area (Å²) in [5.74, 6) is 5.56. The summed E-state index contributed by atoms with van der Waals surface area (Å²) in [7, 11) is 0. The summed E-state index contributed by atoms with van der Waals surface area (Å²) < 4.78 is 7.09. The number of nitrogens with one attached hydrogen (secondary N) is 1. The first kappa shape index (κ1) is 25.3. The molecule has 11 nitrogen and oxygen atoms in total. The van der Waals surface area contributed by atoms with Gasteiger partial charge in [-0.15, -0.1) is 0 Å². The minimum Gasteiger partial charge on any atom is -0.387 e. The molecule has 1 aliphatic carbocycles. The Balaban J connectivity index is 1.69. The Morgan fingerprint density at radius 3 is 2.74 bits per heavy atom. The van der Waals surface area contributed by atoms with Crippen molar-refractivity contribution in [1.29, 1.82) is 0 Å². The fourth-order valence-corrected chi connectivity index (χ4v) is 5.18. The fourth-order valence-electron chi connectivity index (χ4n) is 5.18. The van der Waals surface area contributed by atoms with E-state index in [9.17, 15) is 20.1 Å². The third-order valence-corrected chi connectivity index (χ3v) is 6.88. The lowest BCUT2D eigenvalue weighted by Gasteiger charge is -2.43. The molecule has 1 aliphatic heterocycles. The van der Waals surface area contributed by atoms with Crippen molar-refractivity contribution >= 4 is 22.9 Å². The normalized spacial score (nSPS) is 31.2. The monoisotopic (exact) mass is 486 g/mol. The Labute approximate surface area is 204 Å². The lowest BCUT2D eigenvalue weighted by atomic mass is 9.64. The molecule has 2 aliphatic rings. The molecule has 2 aromatic heterocycles. The van der Waals surface area contributed by atoms with Gasteiger partial charge in [0.25, 0.3) is 5.91 Å². The van der Waals surface area contributed by atoms with E-state index in [2.05, 4.69) is 52.9 Å². The predicted molar refractivity (Wildman–Crippen MR) is 128 cm³/mol. The van der Waals surface area contributed by atoms with Crippen molar-refractivity contribution in [3.05, 3.63) is 12.2 Å². The number of nitrogens with two attached hydrogens (primary N) is 1. The minimum atomic E-state index is -1.43. The third kappa shape index (κ3) is 4.71. The van der Waals surface area contributed by atoms with Gasteiger partial charge in [-0.2, -0.15) is 0 Å². The Bertz CT molecular complexity index is 1160. The molecular weight excluding hydrogens is 452 g/mol. The van der Waals surface area contributed by atoms with E-state index in [1.807, 2.05) is 0 Å². The number of likely N-dealkylation sites (N-methyl/N-ethyl adjacent to an activating group) is 1. The van der Waals surface area contributed by atoms with Gasteiger partial charge >= 0.3 is 0 Å². The first-order chi connectivity index (χ1) is 16.5. The molecule has 4 rings (SSSR count). The first-order valence-electron chi connectivity index (χ1n) is 12.0. The number of anilines is 1. The highest BCUT2D eigenvalue weighted by Gasteiger charge is 2.48. The van der Waals surface area contributed by atoms with Gasteiger partial charge in [0.15, 0.2) is 23.8 Å². The molecule has 4 unspecified atom stereocenters. The van der Waals surface area contributed by atoms with Crippen LogP contribution >= 0.6 is 0 Å². The van der Waals surface area contributed by atoms with Gasteiger partial charge in [-0.3, -0.25) is 9.36 Å². The van der Waals surface area contributed by atoms with Gasteiger partial charge in [0.1, 0.15) is 23.3 Å². The lowest BCUT2D eigenvalue weighted by molar-refractivity contribution is -0.137. The molecule has 2 fully saturated rings. The predicted octanol–water partition coefficient (Wildman–Crippen LogP) is 0.483. The zero-order valence-electron chi connectivity index (χ0n) is 20.5. The third-order valence-electron chi connectivity index (χ3n) is 6.88. The van der Waals surface area contributed by atoms with E-state index in [-0.39, 0.29) is 34.1 Å². The number of amides is 1. The summed E-state index contributed by atoms with van der Waals surface area (Å²) in [6.07, 6.45) is -0.456. The average molecular weight is 487 g/mol. The molecule has 0 radical (unpaired) electrons. The van der Waals surface area contributed by atoms with E-state index in [0.717, 1.165) is 19.3 Å². The number of aromatic nitrogens is 4. The van der Waals surface area contributed by atoms with Crippen LogP contribution in [0.2, 0.25) is 0 Å². The lowest BCUT2D eigenvalue weighted by Crippen LogP contribution is -2.45. The standard InChI is InChI=1S/C24H34N6O5/c1-5-26-21(33)18-16(31)17(32)22(35-18)30-12-27-15-19(25)28-14(29-20(15)30)9-11-24(34)10-7-6-8-13(24)23(2,3)4/h12-13,16-18,22,31-32,34H,5-8,10H2,1-4H3,(H,26,33)(H2,25,28,29)/t13?,16?,17?,18?,22-,24-/m0/s1. The van der Waals surface area contributed by atoms with Crippen LogP contribution in [0.3, 0.4) is 0 Å². The van der Waals surface area contributed by atoms with Crippen molar-refractivity contribution in [3.8, 4) is 11.8 Å². The quantitative estimate of drug-likeness (QED) is 0.387. The molecule has 190 valence electrons. The second-order valence-corrected chi connectivity index (χ2v) is 10.4. The molecule has 11 heteroatoms. The van der Waals surface area contributed by atoms with Crippen molar-refractivity contribution in [3.63, 3.8) is 0 Å². The SMILES string of the molecule is CCNC(=O)C1O[C@H](n2cnc3c(N)nc(C#C[C@@]4(O)CCCCC4C(C)(C)C)nc32)C(O)C1O. The molecule has 0 aromatic carbocycles. The highest BCUT2D eigenvalue weighted by molar-refractivity contribution is 5.83. The first-order valence-corrected chi connectivity index (χ1v) is 12.0. The molecule has 6 N–H and O–H groups in total. The number of ether oxygens (including phenoxy) is 1. The number of imidazole rings is 1. The molecule has 0 spiro atoms. The number of nitrogen functional groups attached to an aromatic ring is 1. The van der Waals surface area contributed by atoms with Crippen LogP contribution in [-0.2, 0) is 9.53 Å². The van der Waals surface area contributed by atoms with E-state index in [0.29, 0.717) is 13.0 Å². The summed E-state index contributed by atoms with van der Waals surface area (Å²) in [6.45, 7) is 8.40. The van der Waals surface area contributed by atoms with Gasteiger partial charge < -0.3 is 31.1 Å². The number of aliphatic hydroxyl groups excluding tert-OH is 2. The van der Waals surface area contributed by atoms with Crippen molar-refractivity contribution in [2.45, 2.75) is 83.5 Å². The van der Waals surface area contributed by atoms with E-state index < -0.39 is 36.0 Å². The van der Waals surface area contributed by atoms with E-state index in [1.54, 1.807) is 6.92 Å². The molecule has 2 aromatic rings. The molecule has 35 heavy (non-hydrogen) atoms. The maximum Gasteiger partial charge on any atom is 0.252 e. The molecule has 1 saturated carbocycles. The van der Waals surface area contributed by atoms with Crippen LogP contribution in [0.5, 0.6) is 0 Å². The number of fused-ring (bicyclic) bond motifs is 1. The maximum absolute atomic E-state index is 12.2. The number of nitrogens with zero attached hydrogens (tertiary/aromatic N) is 4. The fraction of sp³-hybridized carbons (Fsp3) is 0.667. The second-order valence-electron chi connectivity index (χ2n) is 10.4. The summed E-state index contributed by atoms with van der Waals surface area (Å²) in [5, 5.41) is 34.9. The molecule has 1 saturated heterocycles. The Morgan fingerprint density at radius 1 is 1.31 bits per heavy atom. The van der Waals surface area contributed by atoms with Crippen LogP contribution < -0.4 is 11.1 Å². The highest BCUT2D eigenvalue weighted by atomic mass is 16.6. The Hall–Kier alpha value is -2.78. The van der Waals surface area contributed by atoms with Crippen molar-refractivity contribution < 1.29 is 24.9 Å². The summed E-state index contributed by atoms with van der Waals surface area (Å²) >= 11 is 0. The number of carbonyl (C=O) groups is 1. The van der Waals surface area contributed by atoms with Crippen LogP contribution in [0, 0.1) is 23.2 Å². The topological polar surface area (TPSA) is 169 Å². The summed E-state index contributed by atoms with van der Waals surface area (Å²) in [6, 6.07) is 0. The van der Waals surface area contributed by atoms with E-state index in [1.165, 1.54) is 10.9 Å². The summed E-state index contributed by atoms with van der Waals surface area (Å²) in [4.78, 5) is 25.1. The summed E-state index contributed by atoms with van der Waals surface area (Å²) in [5.41, 5.74) is 5.32. The van der Waals surface area contributed by atoms with Crippen molar-refractivity contribution in [2.75, 3.05) is 12.3 Å². The van der Waals surface area contributed by atoms with E-state index in [4.69, 9.17) is 10.5 Å². The van der Waals surface area contributed by atoms with Gasteiger partial charge in [-0.05, 0) is 37.5 Å². The van der Waals surface area contributed by atoms with Crippen molar-refractivity contribution in [2.24, 2.45) is 11.3 Å². The number of hydrogen-bond acceptors (Lipinski definition) is 9. The second kappa shape index (κ2) is 9.35. The Kier molecular flexibility index (Phi) is 6.76. The smallest absolute Gasteiger partial charge is 0.252 e. The molecule has 6 atom stereocenters. The molecular formula is C24H34N6O5. The number of aliphatic hydroxyl groups is 3. The number of carbonyl (C=O) groups excluding carboxylic acids is 1. The molecule has 3 heterocycles. The zero-order chi connectivity index (χ0) is 25.5. The van der Waals surface area contributed by atoms with Crippen LogP contribution in [0.1, 0.15) is 65.4 Å².